The maximum absolute atomic E-state index is 11.4. The summed E-state index contributed by atoms with van der Waals surface area (Å²) >= 11 is 5.78. The van der Waals surface area contributed by atoms with E-state index in [-0.39, 0.29) is 28.6 Å². The molecule has 1 aliphatic rings. The van der Waals surface area contributed by atoms with Crippen molar-refractivity contribution in [3.8, 4) is 0 Å². The molecule has 2 N–H and O–H groups in total. The molecular formula is C9H13ClN4O2S. The second-order valence-corrected chi connectivity index (χ2v) is 6.69. The maximum atomic E-state index is 11.4. The first kappa shape index (κ1) is 12.4. The highest BCUT2D eigenvalue weighted by Gasteiger charge is 2.31. The maximum Gasteiger partial charge on any atom is 0.223 e. The first-order valence-corrected chi connectivity index (χ1v) is 7.30. The zero-order valence-electron chi connectivity index (χ0n) is 9.30. The fourth-order valence-corrected chi connectivity index (χ4v) is 3.83. The average Bonchev–Trinajstić information content (AvgIpc) is 2.56. The number of nitrogens with two attached hydrogens (primary N) is 1. The van der Waals surface area contributed by atoms with Crippen LogP contribution in [0.15, 0.2) is 6.07 Å². The molecule has 8 heteroatoms. The summed E-state index contributed by atoms with van der Waals surface area (Å²) < 4.78 is 22.8. The van der Waals surface area contributed by atoms with Crippen LogP contribution in [0.3, 0.4) is 0 Å². The number of nitrogens with zero attached hydrogens (tertiary/aromatic N) is 3. The Morgan fingerprint density at radius 1 is 1.53 bits per heavy atom. The molecule has 1 aromatic heterocycles. The molecule has 0 bridgehead atoms. The van der Waals surface area contributed by atoms with Gasteiger partial charge in [-0.25, -0.2) is 13.4 Å². The van der Waals surface area contributed by atoms with Crippen LogP contribution in [0.1, 0.15) is 6.42 Å². The quantitative estimate of drug-likeness (QED) is 0.784. The molecule has 6 nitrogen and oxygen atoms in total. The second kappa shape index (κ2) is 4.30. The smallest absolute Gasteiger partial charge is 0.223 e. The Kier molecular flexibility index (Phi) is 3.13. The number of hydrogen-bond acceptors (Lipinski definition) is 6. The van der Waals surface area contributed by atoms with Crippen LogP contribution in [-0.4, -0.2) is 43.0 Å². The molecule has 1 aromatic rings. The number of rotatable bonds is 2. The van der Waals surface area contributed by atoms with Gasteiger partial charge in [0.25, 0.3) is 0 Å². The van der Waals surface area contributed by atoms with E-state index in [4.69, 9.17) is 17.3 Å². The number of halogens is 1. The first-order chi connectivity index (χ1) is 7.87. The van der Waals surface area contributed by atoms with Crippen molar-refractivity contribution < 1.29 is 8.42 Å². The molecule has 1 fully saturated rings. The summed E-state index contributed by atoms with van der Waals surface area (Å²) in [5, 5.41) is 0.250. The van der Waals surface area contributed by atoms with Crippen LogP contribution in [0.2, 0.25) is 5.15 Å². The van der Waals surface area contributed by atoms with Gasteiger partial charge in [0.15, 0.2) is 9.84 Å². The van der Waals surface area contributed by atoms with Gasteiger partial charge < -0.3 is 10.6 Å². The molecule has 0 aliphatic carbocycles. The fraction of sp³-hybridized carbons (Fsp3) is 0.556. The van der Waals surface area contributed by atoms with Crippen LogP contribution < -0.4 is 10.6 Å². The second-order valence-electron chi connectivity index (χ2n) is 4.07. The Bertz CT molecular complexity index is 514. The van der Waals surface area contributed by atoms with Gasteiger partial charge in [0.2, 0.25) is 5.95 Å². The van der Waals surface area contributed by atoms with E-state index in [0.29, 0.717) is 12.2 Å². The highest BCUT2D eigenvalue weighted by molar-refractivity contribution is 7.91. The van der Waals surface area contributed by atoms with Crippen LogP contribution in [0.5, 0.6) is 0 Å². The fourth-order valence-electron chi connectivity index (χ4n) is 1.87. The van der Waals surface area contributed by atoms with Gasteiger partial charge in [-0.2, -0.15) is 4.98 Å². The van der Waals surface area contributed by atoms with Gasteiger partial charge in [0, 0.05) is 19.2 Å². The summed E-state index contributed by atoms with van der Waals surface area (Å²) in [7, 11) is -1.14. The highest BCUT2D eigenvalue weighted by Crippen LogP contribution is 2.23. The number of nitrogen functional groups attached to an aromatic ring is 1. The summed E-state index contributed by atoms with van der Waals surface area (Å²) in [6, 6.07) is 1.49. The molecule has 2 heterocycles. The summed E-state index contributed by atoms with van der Waals surface area (Å²) in [6.45, 7) is 0. The predicted octanol–water partition coefficient (Wildman–Crippen LogP) is 0.335. The van der Waals surface area contributed by atoms with Gasteiger partial charge in [-0.15, -0.1) is 0 Å². The summed E-state index contributed by atoms with van der Waals surface area (Å²) in [5.74, 6) is 0.992. The Hall–Kier alpha value is -1.08. The molecule has 0 spiro atoms. The van der Waals surface area contributed by atoms with Gasteiger partial charge in [0.05, 0.1) is 11.5 Å². The van der Waals surface area contributed by atoms with E-state index in [1.807, 2.05) is 0 Å². The number of sulfone groups is 1. The molecule has 94 valence electrons. The van der Waals surface area contributed by atoms with Crippen molar-refractivity contribution in [2.75, 3.05) is 29.2 Å². The van der Waals surface area contributed by atoms with Crippen LogP contribution in [-0.2, 0) is 9.84 Å². The molecule has 1 aliphatic heterocycles. The van der Waals surface area contributed by atoms with E-state index < -0.39 is 9.84 Å². The standard InChI is InChI=1S/C9H13ClN4O2S/c1-14(6-2-3-17(15,16)5-6)8-4-7(10)12-9(11)13-8/h4,6H,2-3,5H2,1H3,(H2,11,12,13). The van der Waals surface area contributed by atoms with E-state index in [0.717, 1.165) is 0 Å². The van der Waals surface area contributed by atoms with Crippen LogP contribution in [0, 0.1) is 0 Å². The van der Waals surface area contributed by atoms with Crippen molar-refractivity contribution in [2.45, 2.75) is 12.5 Å². The SMILES string of the molecule is CN(c1cc(Cl)nc(N)n1)C1CCS(=O)(=O)C1. The first-order valence-electron chi connectivity index (χ1n) is 5.11. The highest BCUT2D eigenvalue weighted by atomic mass is 35.5. The monoisotopic (exact) mass is 276 g/mol. The molecule has 0 aromatic carbocycles. The topological polar surface area (TPSA) is 89.2 Å². The summed E-state index contributed by atoms with van der Waals surface area (Å²) in [5.41, 5.74) is 5.50. The third kappa shape index (κ3) is 2.78. The van der Waals surface area contributed by atoms with Crippen molar-refractivity contribution in [3.63, 3.8) is 0 Å². The lowest BCUT2D eigenvalue weighted by molar-refractivity contribution is 0.600. The van der Waals surface area contributed by atoms with Crippen LogP contribution in [0.4, 0.5) is 11.8 Å². The molecule has 0 amide bonds. The lowest BCUT2D eigenvalue weighted by Crippen LogP contribution is -2.33. The van der Waals surface area contributed by atoms with Crippen molar-refractivity contribution in [3.05, 3.63) is 11.2 Å². The van der Waals surface area contributed by atoms with Crippen molar-refractivity contribution in [2.24, 2.45) is 0 Å². The largest absolute Gasteiger partial charge is 0.368 e. The molecule has 2 rings (SSSR count). The lowest BCUT2D eigenvalue weighted by atomic mass is 10.2. The molecule has 0 radical (unpaired) electrons. The zero-order chi connectivity index (χ0) is 12.6. The number of anilines is 2. The van der Waals surface area contributed by atoms with Gasteiger partial charge in [0.1, 0.15) is 11.0 Å². The van der Waals surface area contributed by atoms with Crippen LogP contribution >= 0.6 is 11.6 Å². The Morgan fingerprint density at radius 3 is 2.76 bits per heavy atom. The van der Waals surface area contributed by atoms with Gasteiger partial charge in [-0.05, 0) is 6.42 Å². The molecule has 0 saturated carbocycles. The van der Waals surface area contributed by atoms with E-state index in [2.05, 4.69) is 9.97 Å². The van der Waals surface area contributed by atoms with E-state index in [9.17, 15) is 8.42 Å². The predicted molar refractivity (Wildman–Crippen MR) is 66.9 cm³/mol. The van der Waals surface area contributed by atoms with Crippen molar-refractivity contribution in [1.29, 1.82) is 0 Å². The molecule has 1 saturated heterocycles. The minimum absolute atomic E-state index is 0.0784. The summed E-state index contributed by atoms with van der Waals surface area (Å²) in [4.78, 5) is 9.58. The zero-order valence-corrected chi connectivity index (χ0v) is 10.9. The van der Waals surface area contributed by atoms with Crippen molar-refractivity contribution in [1.82, 2.24) is 9.97 Å². The molecule has 17 heavy (non-hydrogen) atoms. The minimum atomic E-state index is -2.92. The third-order valence-electron chi connectivity index (χ3n) is 2.82. The Labute approximate surface area is 105 Å². The third-order valence-corrected chi connectivity index (χ3v) is 4.76. The van der Waals surface area contributed by atoms with E-state index in [1.54, 1.807) is 18.0 Å². The number of aromatic nitrogens is 2. The van der Waals surface area contributed by atoms with Gasteiger partial charge in [-0.1, -0.05) is 11.6 Å². The molecular weight excluding hydrogens is 264 g/mol. The average molecular weight is 277 g/mol. The summed E-state index contributed by atoms with van der Waals surface area (Å²) in [6.07, 6.45) is 0.598. The Balaban J connectivity index is 2.23. The van der Waals surface area contributed by atoms with E-state index in [1.165, 1.54) is 0 Å². The Morgan fingerprint density at radius 2 is 2.24 bits per heavy atom. The van der Waals surface area contributed by atoms with Gasteiger partial charge >= 0.3 is 0 Å². The van der Waals surface area contributed by atoms with Crippen LogP contribution in [0.25, 0.3) is 0 Å². The molecule has 1 atom stereocenters. The van der Waals surface area contributed by atoms with Crippen molar-refractivity contribution >= 4 is 33.2 Å². The van der Waals surface area contributed by atoms with E-state index >= 15 is 0 Å². The minimum Gasteiger partial charge on any atom is -0.368 e. The molecule has 1 unspecified atom stereocenters. The lowest BCUT2D eigenvalue weighted by Gasteiger charge is -2.24. The normalized spacial score (nSPS) is 22.6. The number of hydrogen-bond donors (Lipinski definition) is 1. The van der Waals surface area contributed by atoms with Gasteiger partial charge in [-0.3, -0.25) is 0 Å².